The number of methoxy groups -OCH3 is 1. The van der Waals surface area contributed by atoms with Crippen molar-refractivity contribution in [2.24, 2.45) is 0 Å². The summed E-state index contributed by atoms with van der Waals surface area (Å²) in [7, 11) is 1.64. The first-order valence-corrected chi connectivity index (χ1v) is 10.4. The van der Waals surface area contributed by atoms with E-state index in [1.807, 2.05) is 56.3 Å². The van der Waals surface area contributed by atoms with Gasteiger partial charge in [-0.25, -0.2) is 0 Å². The van der Waals surface area contributed by atoms with Gasteiger partial charge in [0.1, 0.15) is 22.8 Å². The van der Waals surface area contributed by atoms with Gasteiger partial charge in [0.15, 0.2) is 0 Å². The summed E-state index contributed by atoms with van der Waals surface area (Å²) < 4.78 is 22.2. The maximum Gasteiger partial charge on any atom is 0.244 e. The number of carbonyl (C=O) groups excluding carboxylic acids is 1. The van der Waals surface area contributed by atoms with Crippen molar-refractivity contribution in [2.75, 3.05) is 13.7 Å². The molecule has 0 saturated carbocycles. The first-order valence-electron chi connectivity index (χ1n) is 10.4. The monoisotopic (exact) mass is 431 g/mol. The minimum atomic E-state index is -0.205. The van der Waals surface area contributed by atoms with Crippen molar-refractivity contribution < 1.29 is 23.1 Å². The van der Waals surface area contributed by atoms with E-state index in [0.717, 1.165) is 39.0 Å². The van der Waals surface area contributed by atoms with Gasteiger partial charge >= 0.3 is 0 Å². The van der Waals surface area contributed by atoms with Gasteiger partial charge in [0.2, 0.25) is 5.91 Å². The van der Waals surface area contributed by atoms with E-state index in [9.17, 15) is 4.79 Å². The minimum Gasteiger partial charge on any atom is -0.497 e. The number of rotatable bonds is 8. The van der Waals surface area contributed by atoms with Crippen LogP contribution in [0.3, 0.4) is 0 Å². The fourth-order valence-electron chi connectivity index (χ4n) is 3.55. The van der Waals surface area contributed by atoms with E-state index in [0.29, 0.717) is 24.7 Å². The van der Waals surface area contributed by atoms with Gasteiger partial charge < -0.3 is 23.6 Å². The Morgan fingerprint density at radius 2 is 1.94 bits per heavy atom. The highest BCUT2D eigenvalue weighted by Gasteiger charge is 2.15. The van der Waals surface area contributed by atoms with E-state index in [1.54, 1.807) is 31.8 Å². The van der Waals surface area contributed by atoms with Crippen LogP contribution in [-0.4, -0.2) is 19.6 Å². The summed E-state index contributed by atoms with van der Waals surface area (Å²) in [6.07, 6.45) is 4.89. The molecule has 4 rings (SSSR count). The summed E-state index contributed by atoms with van der Waals surface area (Å²) >= 11 is 0. The van der Waals surface area contributed by atoms with Crippen LogP contribution in [0.1, 0.15) is 25.2 Å². The van der Waals surface area contributed by atoms with E-state index in [-0.39, 0.29) is 5.91 Å². The number of ether oxygens (including phenoxy) is 2. The molecule has 2 aromatic heterocycles. The highest BCUT2D eigenvalue weighted by Crippen LogP contribution is 2.37. The Kier molecular flexibility index (Phi) is 6.31. The summed E-state index contributed by atoms with van der Waals surface area (Å²) in [5.74, 6) is 1.95. The molecule has 0 radical (unpaired) electrons. The van der Waals surface area contributed by atoms with Crippen LogP contribution in [0.2, 0.25) is 0 Å². The third-order valence-electron chi connectivity index (χ3n) is 5.17. The molecule has 2 heterocycles. The van der Waals surface area contributed by atoms with Gasteiger partial charge in [-0.2, -0.15) is 0 Å². The van der Waals surface area contributed by atoms with E-state index in [4.69, 9.17) is 18.3 Å². The second-order valence-corrected chi connectivity index (χ2v) is 7.28. The van der Waals surface area contributed by atoms with Gasteiger partial charge in [-0.05, 0) is 55.3 Å². The molecule has 6 nitrogen and oxygen atoms in total. The molecule has 0 bridgehead atoms. The molecule has 0 aliphatic rings. The highest BCUT2D eigenvalue weighted by molar-refractivity contribution is 6.00. The average Bonchev–Trinajstić information content (AvgIpc) is 3.47. The summed E-state index contributed by atoms with van der Waals surface area (Å²) in [5, 5.41) is 3.78. The maximum absolute atomic E-state index is 12.5. The molecular weight excluding hydrogens is 406 g/mol. The van der Waals surface area contributed by atoms with Crippen molar-refractivity contribution in [1.29, 1.82) is 0 Å². The van der Waals surface area contributed by atoms with Crippen molar-refractivity contribution in [3.63, 3.8) is 0 Å². The number of carbonyl (C=O) groups is 1. The molecule has 0 atom stereocenters. The summed E-state index contributed by atoms with van der Waals surface area (Å²) in [4.78, 5) is 12.5. The Morgan fingerprint density at radius 3 is 2.62 bits per heavy atom. The standard InChI is InChI=1S/C26H25NO5/c1-4-30-24-14-25-22(23(16-32-25)18-7-9-19(29-3)10-8-18)13-21(24)17(2)12-26(28)27-15-20-6-5-11-31-20/h5-14,16H,4,15H2,1-3H3,(H,27,28)/b17-12+. The average molecular weight is 431 g/mol. The van der Waals surface area contributed by atoms with E-state index in [1.165, 1.54) is 0 Å². The number of hydrogen-bond donors (Lipinski definition) is 1. The molecule has 6 heteroatoms. The van der Waals surface area contributed by atoms with Crippen molar-refractivity contribution in [3.05, 3.63) is 78.5 Å². The molecule has 0 fully saturated rings. The molecule has 0 aliphatic carbocycles. The lowest BCUT2D eigenvalue weighted by atomic mass is 9.99. The quantitative estimate of drug-likeness (QED) is 0.356. The van der Waals surface area contributed by atoms with Crippen LogP contribution in [-0.2, 0) is 11.3 Å². The zero-order chi connectivity index (χ0) is 22.5. The molecule has 0 spiro atoms. The number of hydrogen-bond acceptors (Lipinski definition) is 5. The van der Waals surface area contributed by atoms with E-state index < -0.39 is 0 Å². The molecule has 1 N–H and O–H groups in total. The molecule has 164 valence electrons. The molecule has 0 unspecified atom stereocenters. The Balaban J connectivity index is 1.68. The SMILES string of the molecule is CCOc1cc2occ(-c3ccc(OC)cc3)c2cc1/C(C)=C/C(=O)NCc1ccco1. The third-order valence-corrected chi connectivity index (χ3v) is 5.17. The first-order chi connectivity index (χ1) is 15.6. The van der Waals surface area contributed by atoms with Crippen molar-refractivity contribution in [2.45, 2.75) is 20.4 Å². The fraction of sp³-hybridized carbons (Fsp3) is 0.192. The van der Waals surface area contributed by atoms with Gasteiger partial charge in [-0.1, -0.05) is 12.1 Å². The summed E-state index contributed by atoms with van der Waals surface area (Å²) in [5.41, 5.74) is 4.32. The lowest BCUT2D eigenvalue weighted by Gasteiger charge is -2.12. The first kappa shape index (κ1) is 21.3. The van der Waals surface area contributed by atoms with Gasteiger partial charge in [-0.15, -0.1) is 0 Å². The Labute approximate surface area is 186 Å². The molecule has 4 aromatic rings. The van der Waals surface area contributed by atoms with Gasteiger partial charge in [0.25, 0.3) is 0 Å². The predicted octanol–water partition coefficient (Wildman–Crippen LogP) is 5.82. The second-order valence-electron chi connectivity index (χ2n) is 7.28. The van der Waals surface area contributed by atoms with Crippen molar-refractivity contribution in [3.8, 4) is 22.6 Å². The third kappa shape index (κ3) is 4.54. The van der Waals surface area contributed by atoms with Gasteiger partial charge in [0, 0.05) is 28.7 Å². The molecular formula is C26H25NO5. The number of benzene rings is 2. The lowest BCUT2D eigenvalue weighted by Crippen LogP contribution is -2.20. The summed E-state index contributed by atoms with van der Waals surface area (Å²) in [6.45, 7) is 4.65. The Hall–Kier alpha value is -3.93. The van der Waals surface area contributed by atoms with E-state index >= 15 is 0 Å². The molecule has 1 amide bonds. The fourth-order valence-corrected chi connectivity index (χ4v) is 3.55. The maximum atomic E-state index is 12.5. The zero-order valence-corrected chi connectivity index (χ0v) is 18.3. The van der Waals surface area contributed by atoms with Crippen LogP contribution in [0.15, 0.2) is 76.0 Å². The minimum absolute atomic E-state index is 0.205. The van der Waals surface area contributed by atoms with E-state index in [2.05, 4.69) is 5.32 Å². The van der Waals surface area contributed by atoms with Crippen LogP contribution >= 0.6 is 0 Å². The van der Waals surface area contributed by atoms with Crippen molar-refractivity contribution in [1.82, 2.24) is 5.32 Å². The smallest absolute Gasteiger partial charge is 0.244 e. The van der Waals surface area contributed by atoms with Crippen LogP contribution in [0, 0.1) is 0 Å². The Morgan fingerprint density at radius 1 is 1.12 bits per heavy atom. The topological polar surface area (TPSA) is 73.8 Å². The van der Waals surface area contributed by atoms with Crippen molar-refractivity contribution >= 4 is 22.4 Å². The molecule has 2 aromatic carbocycles. The highest BCUT2D eigenvalue weighted by atomic mass is 16.5. The number of furan rings is 2. The van der Waals surface area contributed by atoms with Crippen LogP contribution in [0.4, 0.5) is 0 Å². The predicted molar refractivity (Wildman–Crippen MR) is 124 cm³/mol. The largest absolute Gasteiger partial charge is 0.497 e. The molecule has 0 saturated heterocycles. The van der Waals surface area contributed by atoms with Crippen LogP contribution < -0.4 is 14.8 Å². The molecule has 0 aliphatic heterocycles. The van der Waals surface area contributed by atoms with Gasteiger partial charge in [0.05, 0.1) is 32.8 Å². The lowest BCUT2D eigenvalue weighted by molar-refractivity contribution is -0.116. The Bertz CT molecular complexity index is 1230. The molecule has 32 heavy (non-hydrogen) atoms. The number of fused-ring (bicyclic) bond motifs is 1. The normalized spacial score (nSPS) is 11.5. The van der Waals surface area contributed by atoms with Crippen LogP contribution in [0.25, 0.3) is 27.7 Å². The zero-order valence-electron chi connectivity index (χ0n) is 18.3. The summed E-state index contributed by atoms with van der Waals surface area (Å²) in [6, 6.07) is 15.3. The van der Waals surface area contributed by atoms with Crippen LogP contribution in [0.5, 0.6) is 11.5 Å². The van der Waals surface area contributed by atoms with Gasteiger partial charge in [-0.3, -0.25) is 4.79 Å². The number of allylic oxidation sites excluding steroid dienone is 1. The number of amides is 1. The number of nitrogens with one attached hydrogen (secondary N) is 1. The second kappa shape index (κ2) is 9.47.